The zero-order valence-electron chi connectivity index (χ0n) is 11.3. The largest absolute Gasteiger partial charge is 0.399 e. The number of benzene rings is 1. The van der Waals surface area contributed by atoms with Gasteiger partial charge in [-0.3, -0.25) is 4.79 Å². The molecule has 0 radical (unpaired) electrons. The van der Waals surface area contributed by atoms with Gasteiger partial charge in [-0.25, -0.2) is 0 Å². The molecule has 0 saturated heterocycles. The first-order valence-corrected chi connectivity index (χ1v) is 5.80. The molecule has 0 unspecified atom stereocenters. The van der Waals surface area contributed by atoms with Gasteiger partial charge in [0, 0.05) is 32.1 Å². The zero-order valence-corrected chi connectivity index (χ0v) is 11.3. The van der Waals surface area contributed by atoms with Crippen molar-refractivity contribution in [1.82, 2.24) is 5.32 Å². The van der Waals surface area contributed by atoms with Crippen LogP contribution in [0.25, 0.3) is 0 Å². The first-order chi connectivity index (χ1) is 8.39. The lowest BCUT2D eigenvalue weighted by atomic mass is 10.1. The number of rotatable bonds is 5. The molecule has 1 rings (SSSR count). The van der Waals surface area contributed by atoms with Crippen molar-refractivity contribution in [2.24, 2.45) is 0 Å². The third-order valence-electron chi connectivity index (χ3n) is 2.77. The molecule has 0 fully saturated rings. The number of hydrogen-bond donors (Lipinski definition) is 3. The van der Waals surface area contributed by atoms with Crippen LogP contribution in [0.15, 0.2) is 18.2 Å². The van der Waals surface area contributed by atoms with Crippen LogP contribution in [0.4, 0.5) is 11.4 Å². The Hall–Kier alpha value is -1.75. The molecule has 1 aromatic rings. The molecule has 0 heterocycles. The third-order valence-corrected chi connectivity index (χ3v) is 2.77. The first-order valence-electron chi connectivity index (χ1n) is 5.80. The molecule has 4 N–H and O–H groups in total. The molecule has 1 amide bonds. The van der Waals surface area contributed by atoms with Crippen LogP contribution in [0, 0.1) is 0 Å². The summed E-state index contributed by atoms with van der Waals surface area (Å²) in [7, 11) is 3.25. The second-order valence-electron chi connectivity index (χ2n) is 4.70. The predicted octanol–water partition coefficient (Wildman–Crippen LogP) is 1.47. The highest BCUT2D eigenvalue weighted by Gasteiger charge is 2.17. The van der Waals surface area contributed by atoms with E-state index in [9.17, 15) is 4.79 Å². The Morgan fingerprint density at radius 1 is 1.44 bits per heavy atom. The van der Waals surface area contributed by atoms with Crippen molar-refractivity contribution in [2.75, 3.05) is 31.8 Å². The van der Waals surface area contributed by atoms with Crippen molar-refractivity contribution in [2.45, 2.75) is 19.4 Å². The number of hydrogen-bond acceptors (Lipinski definition) is 4. The van der Waals surface area contributed by atoms with E-state index in [1.54, 1.807) is 32.4 Å². The van der Waals surface area contributed by atoms with Gasteiger partial charge in [0.25, 0.3) is 5.91 Å². The highest BCUT2D eigenvalue weighted by atomic mass is 16.5. The van der Waals surface area contributed by atoms with Gasteiger partial charge in [0.2, 0.25) is 0 Å². The summed E-state index contributed by atoms with van der Waals surface area (Å²) in [4.78, 5) is 11.7. The quantitative estimate of drug-likeness (QED) is 0.693. The summed E-state index contributed by atoms with van der Waals surface area (Å²) in [6.07, 6.45) is 0. The molecule has 0 aliphatic carbocycles. The number of ether oxygens (including phenoxy) is 1. The van der Waals surface area contributed by atoms with Gasteiger partial charge in [-0.15, -0.1) is 0 Å². The minimum absolute atomic E-state index is 0.146. The molecule has 0 aliphatic heterocycles. The number of methoxy groups -OCH3 is 1. The minimum atomic E-state index is -0.315. The number of anilines is 2. The summed E-state index contributed by atoms with van der Waals surface area (Å²) in [6.45, 7) is 4.51. The monoisotopic (exact) mass is 251 g/mol. The summed E-state index contributed by atoms with van der Waals surface area (Å²) in [5.41, 5.74) is 7.31. The lowest BCUT2D eigenvalue weighted by Gasteiger charge is -2.24. The van der Waals surface area contributed by atoms with E-state index in [1.807, 2.05) is 13.8 Å². The van der Waals surface area contributed by atoms with Gasteiger partial charge < -0.3 is 21.1 Å². The van der Waals surface area contributed by atoms with Gasteiger partial charge in [-0.05, 0) is 32.0 Å². The van der Waals surface area contributed by atoms with Gasteiger partial charge in [-0.1, -0.05) is 0 Å². The molecule has 1 aromatic carbocycles. The van der Waals surface area contributed by atoms with Crippen molar-refractivity contribution in [1.29, 1.82) is 0 Å². The van der Waals surface area contributed by atoms with Crippen LogP contribution in [0.5, 0.6) is 0 Å². The number of carbonyl (C=O) groups excluding carboxylic acids is 1. The molecule has 5 heteroatoms. The third kappa shape index (κ3) is 3.63. The van der Waals surface area contributed by atoms with Crippen LogP contribution >= 0.6 is 0 Å². The summed E-state index contributed by atoms with van der Waals surface area (Å²) < 4.78 is 5.32. The molecule has 0 atom stereocenters. The molecule has 0 bridgehead atoms. The maximum atomic E-state index is 11.7. The second kappa shape index (κ2) is 5.73. The van der Waals surface area contributed by atoms with Crippen LogP contribution in [0.2, 0.25) is 0 Å². The van der Waals surface area contributed by atoms with E-state index in [4.69, 9.17) is 10.5 Å². The fourth-order valence-corrected chi connectivity index (χ4v) is 1.42. The van der Waals surface area contributed by atoms with Gasteiger partial charge in [-0.2, -0.15) is 0 Å². The summed E-state index contributed by atoms with van der Waals surface area (Å²) in [5.74, 6) is -0.146. The van der Waals surface area contributed by atoms with E-state index in [-0.39, 0.29) is 11.5 Å². The fraction of sp³-hybridized carbons (Fsp3) is 0.462. The standard InChI is InChI=1S/C13H21N3O2/c1-13(2,18-4)8-16-11-7-9(14)5-6-10(11)12(17)15-3/h5-7,16H,8,14H2,1-4H3,(H,15,17). The highest BCUT2D eigenvalue weighted by molar-refractivity contribution is 6.00. The maximum Gasteiger partial charge on any atom is 0.253 e. The van der Waals surface area contributed by atoms with Crippen LogP contribution < -0.4 is 16.4 Å². The van der Waals surface area contributed by atoms with Crippen LogP contribution in [-0.4, -0.2) is 32.2 Å². The van der Waals surface area contributed by atoms with Gasteiger partial charge in [0.05, 0.1) is 11.2 Å². The average Bonchev–Trinajstić information content (AvgIpc) is 2.36. The molecular weight excluding hydrogens is 230 g/mol. The molecule has 0 aliphatic rings. The fourth-order valence-electron chi connectivity index (χ4n) is 1.42. The Labute approximate surface area is 108 Å². The number of nitrogens with one attached hydrogen (secondary N) is 2. The van der Waals surface area contributed by atoms with Gasteiger partial charge >= 0.3 is 0 Å². The SMILES string of the molecule is CNC(=O)c1ccc(N)cc1NCC(C)(C)OC. The molecular formula is C13H21N3O2. The van der Waals surface area contributed by atoms with E-state index < -0.39 is 0 Å². The lowest BCUT2D eigenvalue weighted by Crippen LogP contribution is -2.32. The predicted molar refractivity (Wildman–Crippen MR) is 73.8 cm³/mol. The average molecular weight is 251 g/mol. The van der Waals surface area contributed by atoms with Crippen molar-refractivity contribution in [3.05, 3.63) is 23.8 Å². The Morgan fingerprint density at radius 3 is 2.67 bits per heavy atom. The highest BCUT2D eigenvalue weighted by Crippen LogP contribution is 2.20. The topological polar surface area (TPSA) is 76.4 Å². The molecule has 0 saturated carbocycles. The number of carbonyl (C=O) groups is 1. The van der Waals surface area contributed by atoms with Gasteiger partial charge in [0.1, 0.15) is 0 Å². The van der Waals surface area contributed by atoms with Crippen LogP contribution in [0.1, 0.15) is 24.2 Å². The molecule has 0 aromatic heterocycles. The second-order valence-corrected chi connectivity index (χ2v) is 4.70. The lowest BCUT2D eigenvalue weighted by molar-refractivity contribution is 0.0343. The molecule has 5 nitrogen and oxygen atoms in total. The Kier molecular flexibility index (Phi) is 4.55. The first kappa shape index (κ1) is 14.3. The maximum absolute atomic E-state index is 11.7. The normalized spacial score (nSPS) is 11.1. The number of nitrogen functional groups attached to an aromatic ring is 1. The summed E-state index contributed by atoms with van der Waals surface area (Å²) in [5, 5.41) is 5.80. The molecule has 0 spiro atoms. The number of amides is 1. The van der Waals surface area contributed by atoms with E-state index in [2.05, 4.69) is 10.6 Å². The molecule has 18 heavy (non-hydrogen) atoms. The van der Waals surface area contributed by atoms with Crippen molar-refractivity contribution < 1.29 is 9.53 Å². The number of nitrogens with two attached hydrogens (primary N) is 1. The Bertz CT molecular complexity index is 430. The van der Waals surface area contributed by atoms with Crippen molar-refractivity contribution >= 4 is 17.3 Å². The Morgan fingerprint density at radius 2 is 2.11 bits per heavy atom. The van der Waals surface area contributed by atoms with E-state index in [0.29, 0.717) is 23.5 Å². The van der Waals surface area contributed by atoms with E-state index in [0.717, 1.165) is 0 Å². The van der Waals surface area contributed by atoms with Crippen molar-refractivity contribution in [3.63, 3.8) is 0 Å². The minimum Gasteiger partial charge on any atom is -0.399 e. The van der Waals surface area contributed by atoms with E-state index in [1.165, 1.54) is 0 Å². The summed E-state index contributed by atoms with van der Waals surface area (Å²) >= 11 is 0. The molecule has 100 valence electrons. The zero-order chi connectivity index (χ0) is 13.8. The van der Waals surface area contributed by atoms with Crippen LogP contribution in [-0.2, 0) is 4.74 Å². The van der Waals surface area contributed by atoms with E-state index >= 15 is 0 Å². The van der Waals surface area contributed by atoms with Gasteiger partial charge in [0.15, 0.2) is 0 Å². The Balaban J connectivity index is 2.93. The smallest absolute Gasteiger partial charge is 0.253 e. The summed E-state index contributed by atoms with van der Waals surface area (Å²) in [6, 6.07) is 5.16. The van der Waals surface area contributed by atoms with Crippen molar-refractivity contribution in [3.8, 4) is 0 Å². The van der Waals surface area contributed by atoms with Crippen LogP contribution in [0.3, 0.4) is 0 Å².